The number of methoxy groups -OCH3 is 1. The van der Waals surface area contributed by atoms with Gasteiger partial charge in [0.05, 0.1) is 6.61 Å². The normalized spacial score (nSPS) is 15.6. The number of hydrogen-bond acceptors (Lipinski definition) is 5. The largest absolute Gasteiger partial charge is 0.444 e. The first-order chi connectivity index (χ1) is 11.7. The Labute approximate surface area is 149 Å². The van der Waals surface area contributed by atoms with Gasteiger partial charge in [0, 0.05) is 45.6 Å². The van der Waals surface area contributed by atoms with Gasteiger partial charge in [0.1, 0.15) is 5.60 Å². The van der Waals surface area contributed by atoms with Crippen LogP contribution >= 0.6 is 0 Å². The molecule has 0 bridgehead atoms. The van der Waals surface area contributed by atoms with E-state index in [4.69, 9.17) is 9.47 Å². The second-order valence-electron chi connectivity index (χ2n) is 7.14. The number of nitrogens with zero attached hydrogens (tertiary/aromatic N) is 1. The minimum absolute atomic E-state index is 0.000202. The summed E-state index contributed by atoms with van der Waals surface area (Å²) in [7, 11) is 1.56. The van der Waals surface area contributed by atoms with Crippen LogP contribution in [-0.4, -0.2) is 67.8 Å². The fourth-order valence-corrected chi connectivity index (χ4v) is 2.51. The van der Waals surface area contributed by atoms with Crippen LogP contribution in [0.2, 0.25) is 0 Å². The minimum atomic E-state index is -0.552. The number of carbonyl (C=O) groups is 3. The van der Waals surface area contributed by atoms with Crippen molar-refractivity contribution in [3.63, 3.8) is 0 Å². The summed E-state index contributed by atoms with van der Waals surface area (Å²) in [5.41, 5.74) is -0.552. The summed E-state index contributed by atoms with van der Waals surface area (Å²) in [4.78, 5) is 37.1. The van der Waals surface area contributed by atoms with Crippen molar-refractivity contribution in [2.45, 2.75) is 58.1 Å². The zero-order chi connectivity index (χ0) is 18.9. The first-order valence-corrected chi connectivity index (χ1v) is 8.74. The molecule has 8 nitrogen and oxygen atoms in total. The van der Waals surface area contributed by atoms with Gasteiger partial charge in [0.15, 0.2) is 0 Å². The molecule has 1 rings (SSSR count). The summed E-state index contributed by atoms with van der Waals surface area (Å²) >= 11 is 0. The Morgan fingerprint density at radius 3 is 2.32 bits per heavy atom. The number of nitrogens with one attached hydrogen (secondary N) is 2. The molecule has 0 aromatic rings. The van der Waals surface area contributed by atoms with Gasteiger partial charge in [-0.3, -0.25) is 9.59 Å². The number of ether oxygens (including phenoxy) is 2. The van der Waals surface area contributed by atoms with E-state index in [1.807, 2.05) is 0 Å². The molecule has 144 valence electrons. The highest BCUT2D eigenvalue weighted by Crippen LogP contribution is 2.12. The van der Waals surface area contributed by atoms with Crippen LogP contribution in [-0.2, 0) is 19.1 Å². The fourth-order valence-electron chi connectivity index (χ4n) is 2.51. The molecule has 0 saturated carbocycles. The van der Waals surface area contributed by atoms with Crippen molar-refractivity contribution in [2.24, 2.45) is 0 Å². The third kappa shape index (κ3) is 9.28. The predicted octanol–water partition coefficient (Wildman–Crippen LogP) is 1.04. The Kier molecular flexibility index (Phi) is 8.68. The SMILES string of the molecule is COCCC(=O)NC1CCN(C(=O)CCNC(=O)OC(C)(C)C)CC1. The molecule has 1 fully saturated rings. The van der Waals surface area contributed by atoms with Crippen LogP contribution in [0.25, 0.3) is 0 Å². The first kappa shape index (κ1) is 21.2. The Morgan fingerprint density at radius 1 is 1.12 bits per heavy atom. The maximum absolute atomic E-state index is 12.2. The molecule has 3 amide bonds. The summed E-state index contributed by atoms with van der Waals surface area (Å²) in [5, 5.41) is 5.55. The van der Waals surface area contributed by atoms with Gasteiger partial charge in [-0.05, 0) is 33.6 Å². The lowest BCUT2D eigenvalue weighted by Gasteiger charge is -2.32. The van der Waals surface area contributed by atoms with Crippen LogP contribution in [0.15, 0.2) is 0 Å². The third-order valence-corrected chi connectivity index (χ3v) is 3.75. The van der Waals surface area contributed by atoms with E-state index in [1.165, 1.54) is 0 Å². The van der Waals surface area contributed by atoms with Crippen molar-refractivity contribution in [3.05, 3.63) is 0 Å². The van der Waals surface area contributed by atoms with Crippen LogP contribution in [0.4, 0.5) is 4.79 Å². The molecule has 25 heavy (non-hydrogen) atoms. The Hall–Kier alpha value is -1.83. The van der Waals surface area contributed by atoms with Gasteiger partial charge in [0.25, 0.3) is 0 Å². The number of piperidine rings is 1. The molecule has 0 aromatic heterocycles. The van der Waals surface area contributed by atoms with Gasteiger partial charge in [-0.25, -0.2) is 4.79 Å². The summed E-state index contributed by atoms with van der Waals surface area (Å²) in [5.74, 6) is -0.0200. The molecule has 0 atom stereocenters. The molecule has 0 unspecified atom stereocenters. The highest BCUT2D eigenvalue weighted by Gasteiger charge is 2.24. The molecule has 2 N–H and O–H groups in total. The number of carbonyl (C=O) groups excluding carboxylic acids is 3. The summed E-state index contributed by atoms with van der Waals surface area (Å²) in [6.45, 7) is 7.25. The predicted molar refractivity (Wildman–Crippen MR) is 93.1 cm³/mol. The number of hydrogen-bond donors (Lipinski definition) is 2. The number of likely N-dealkylation sites (tertiary alicyclic amines) is 1. The molecule has 0 aliphatic carbocycles. The Morgan fingerprint density at radius 2 is 1.76 bits per heavy atom. The van der Waals surface area contributed by atoms with E-state index in [9.17, 15) is 14.4 Å². The quantitative estimate of drug-likeness (QED) is 0.710. The molecule has 8 heteroatoms. The Balaban J connectivity index is 2.20. The van der Waals surface area contributed by atoms with Gasteiger partial charge >= 0.3 is 6.09 Å². The second-order valence-corrected chi connectivity index (χ2v) is 7.14. The topological polar surface area (TPSA) is 97.0 Å². The van der Waals surface area contributed by atoms with Crippen molar-refractivity contribution in [3.8, 4) is 0 Å². The third-order valence-electron chi connectivity index (χ3n) is 3.75. The monoisotopic (exact) mass is 357 g/mol. The van der Waals surface area contributed by atoms with Gasteiger partial charge in [-0.15, -0.1) is 0 Å². The second kappa shape index (κ2) is 10.2. The lowest BCUT2D eigenvalue weighted by molar-refractivity contribution is -0.132. The van der Waals surface area contributed by atoms with E-state index in [-0.39, 0.29) is 30.8 Å². The maximum atomic E-state index is 12.2. The fraction of sp³-hybridized carbons (Fsp3) is 0.824. The van der Waals surface area contributed by atoms with Gasteiger partial charge < -0.3 is 25.0 Å². The van der Waals surface area contributed by atoms with Crippen LogP contribution in [0.3, 0.4) is 0 Å². The van der Waals surface area contributed by atoms with Crippen molar-refractivity contribution >= 4 is 17.9 Å². The summed E-state index contributed by atoms with van der Waals surface area (Å²) < 4.78 is 10.00. The number of rotatable bonds is 7. The van der Waals surface area contributed by atoms with Crippen molar-refractivity contribution in [1.82, 2.24) is 15.5 Å². The molecule has 1 saturated heterocycles. The van der Waals surface area contributed by atoms with E-state index in [2.05, 4.69) is 10.6 Å². The molecule has 0 aromatic carbocycles. The zero-order valence-corrected chi connectivity index (χ0v) is 15.7. The average Bonchev–Trinajstić information content (AvgIpc) is 2.51. The number of amides is 3. The van der Waals surface area contributed by atoms with E-state index in [1.54, 1.807) is 32.8 Å². The molecule has 1 aliphatic rings. The van der Waals surface area contributed by atoms with Crippen molar-refractivity contribution in [1.29, 1.82) is 0 Å². The van der Waals surface area contributed by atoms with Crippen LogP contribution in [0, 0.1) is 0 Å². The van der Waals surface area contributed by atoms with E-state index in [0.717, 1.165) is 12.8 Å². The highest BCUT2D eigenvalue weighted by atomic mass is 16.6. The van der Waals surface area contributed by atoms with Gasteiger partial charge in [-0.2, -0.15) is 0 Å². The zero-order valence-electron chi connectivity index (χ0n) is 15.7. The molecule has 1 aliphatic heterocycles. The maximum Gasteiger partial charge on any atom is 0.407 e. The minimum Gasteiger partial charge on any atom is -0.444 e. The molecule has 0 radical (unpaired) electrons. The highest BCUT2D eigenvalue weighted by molar-refractivity contribution is 5.78. The van der Waals surface area contributed by atoms with Gasteiger partial charge in [0.2, 0.25) is 11.8 Å². The molecule has 1 heterocycles. The average molecular weight is 357 g/mol. The van der Waals surface area contributed by atoms with Gasteiger partial charge in [-0.1, -0.05) is 0 Å². The molecule has 0 spiro atoms. The van der Waals surface area contributed by atoms with E-state index < -0.39 is 11.7 Å². The molecular formula is C17H31N3O5. The summed E-state index contributed by atoms with van der Waals surface area (Å²) in [6, 6.07) is 0.105. The van der Waals surface area contributed by atoms with E-state index in [0.29, 0.717) is 26.1 Å². The summed E-state index contributed by atoms with van der Waals surface area (Å²) in [6.07, 6.45) is 1.56. The standard InChI is InChI=1S/C17H31N3O5/c1-17(2,3)25-16(23)18-9-5-15(22)20-10-6-13(7-11-20)19-14(21)8-12-24-4/h13H,5-12H2,1-4H3,(H,18,23)(H,19,21). The lowest BCUT2D eigenvalue weighted by atomic mass is 10.0. The van der Waals surface area contributed by atoms with Crippen molar-refractivity contribution < 1.29 is 23.9 Å². The van der Waals surface area contributed by atoms with Crippen LogP contribution < -0.4 is 10.6 Å². The smallest absolute Gasteiger partial charge is 0.407 e. The van der Waals surface area contributed by atoms with Crippen LogP contribution in [0.5, 0.6) is 0 Å². The number of alkyl carbamates (subject to hydrolysis) is 1. The first-order valence-electron chi connectivity index (χ1n) is 8.74. The lowest BCUT2D eigenvalue weighted by Crippen LogP contribution is -2.47. The van der Waals surface area contributed by atoms with Crippen LogP contribution in [0.1, 0.15) is 46.5 Å². The van der Waals surface area contributed by atoms with E-state index >= 15 is 0 Å². The molecular weight excluding hydrogens is 326 g/mol. The Bertz CT molecular complexity index is 454. The van der Waals surface area contributed by atoms with Crippen molar-refractivity contribution in [2.75, 3.05) is 33.4 Å².